The smallest absolute Gasteiger partial charge is 0.409 e. The summed E-state index contributed by atoms with van der Waals surface area (Å²) in [4.78, 5) is 18.1. The quantitative estimate of drug-likeness (QED) is 0.891. The molecule has 6 nitrogen and oxygen atoms in total. The summed E-state index contributed by atoms with van der Waals surface area (Å²) in [6.45, 7) is 7.60. The maximum absolute atomic E-state index is 11.8. The molecule has 0 saturated carbocycles. The Hall–Kier alpha value is -1.63. The molecular formula is C18H27N3O3. The number of amides is 1. The fourth-order valence-electron chi connectivity index (χ4n) is 3.63. The van der Waals surface area contributed by atoms with Crippen LogP contribution in [0.4, 0.5) is 4.79 Å². The van der Waals surface area contributed by atoms with Crippen molar-refractivity contribution in [2.45, 2.75) is 25.6 Å². The molecule has 2 atom stereocenters. The van der Waals surface area contributed by atoms with E-state index in [-0.39, 0.29) is 18.2 Å². The van der Waals surface area contributed by atoms with Crippen LogP contribution in [0.5, 0.6) is 0 Å². The Labute approximate surface area is 143 Å². The van der Waals surface area contributed by atoms with Crippen LogP contribution < -0.4 is 0 Å². The van der Waals surface area contributed by atoms with Gasteiger partial charge >= 0.3 is 6.09 Å². The van der Waals surface area contributed by atoms with Crippen molar-refractivity contribution in [2.75, 3.05) is 45.9 Å². The van der Waals surface area contributed by atoms with Crippen molar-refractivity contribution < 1.29 is 14.6 Å². The number of nitrogens with zero attached hydrogens (tertiary/aromatic N) is 3. The summed E-state index contributed by atoms with van der Waals surface area (Å²) in [5.74, 6) is 0. The summed E-state index contributed by atoms with van der Waals surface area (Å²) >= 11 is 0. The lowest BCUT2D eigenvalue weighted by molar-refractivity contribution is 0.0376. The fourth-order valence-corrected chi connectivity index (χ4v) is 3.63. The van der Waals surface area contributed by atoms with Crippen molar-refractivity contribution in [3.05, 3.63) is 35.9 Å². The lowest BCUT2D eigenvalue weighted by atomic mass is 10.1. The van der Waals surface area contributed by atoms with Gasteiger partial charge in [0.1, 0.15) is 0 Å². The van der Waals surface area contributed by atoms with Crippen LogP contribution in [0.3, 0.4) is 0 Å². The third kappa shape index (κ3) is 4.06. The van der Waals surface area contributed by atoms with Crippen LogP contribution in [0.25, 0.3) is 0 Å². The molecule has 24 heavy (non-hydrogen) atoms. The van der Waals surface area contributed by atoms with Crippen LogP contribution in [-0.2, 0) is 11.3 Å². The molecule has 1 aromatic carbocycles. The van der Waals surface area contributed by atoms with Crippen LogP contribution in [-0.4, -0.2) is 83.9 Å². The summed E-state index contributed by atoms with van der Waals surface area (Å²) in [6.07, 6.45) is -0.558. The first-order valence-electron chi connectivity index (χ1n) is 8.77. The Kier molecular flexibility index (Phi) is 5.71. The normalized spacial score (nSPS) is 25.8. The lowest BCUT2D eigenvalue weighted by Crippen LogP contribution is -2.54. The zero-order chi connectivity index (χ0) is 16.9. The molecule has 6 heteroatoms. The zero-order valence-corrected chi connectivity index (χ0v) is 14.3. The number of likely N-dealkylation sites (tertiary alicyclic amines) is 1. The van der Waals surface area contributed by atoms with Gasteiger partial charge in [-0.05, 0) is 12.5 Å². The maximum Gasteiger partial charge on any atom is 0.409 e. The predicted octanol–water partition coefficient (Wildman–Crippen LogP) is 1.01. The topological polar surface area (TPSA) is 56.2 Å². The number of β-amino-alcohol motifs (C(OH)–C–C–N with tert-alkyl or cyclic N) is 1. The third-order valence-corrected chi connectivity index (χ3v) is 4.89. The van der Waals surface area contributed by atoms with Gasteiger partial charge in [0, 0.05) is 51.9 Å². The molecule has 1 N–H and O–H groups in total. The van der Waals surface area contributed by atoms with Gasteiger partial charge in [0.15, 0.2) is 0 Å². The summed E-state index contributed by atoms with van der Waals surface area (Å²) in [7, 11) is 0. The second-order valence-corrected chi connectivity index (χ2v) is 6.54. The SMILES string of the molecule is CCOC(=O)N1CCN(C2CN(Cc3ccccc3)CC2O)CC1. The minimum atomic E-state index is -0.331. The number of ether oxygens (including phenoxy) is 1. The number of hydrogen-bond donors (Lipinski definition) is 1. The Morgan fingerprint density at radius 2 is 1.88 bits per heavy atom. The van der Waals surface area contributed by atoms with Gasteiger partial charge < -0.3 is 14.7 Å². The highest BCUT2D eigenvalue weighted by Gasteiger charge is 2.37. The predicted molar refractivity (Wildman–Crippen MR) is 91.7 cm³/mol. The van der Waals surface area contributed by atoms with Crippen LogP contribution in [0.2, 0.25) is 0 Å². The van der Waals surface area contributed by atoms with E-state index in [9.17, 15) is 9.90 Å². The highest BCUT2D eigenvalue weighted by Crippen LogP contribution is 2.20. The molecular weight excluding hydrogens is 306 g/mol. The molecule has 132 valence electrons. The Morgan fingerprint density at radius 3 is 2.54 bits per heavy atom. The zero-order valence-electron chi connectivity index (χ0n) is 14.3. The van der Waals surface area contributed by atoms with Crippen LogP contribution in [0, 0.1) is 0 Å². The van der Waals surface area contributed by atoms with Crippen LogP contribution in [0.1, 0.15) is 12.5 Å². The van der Waals surface area contributed by atoms with Crippen molar-refractivity contribution in [1.82, 2.24) is 14.7 Å². The second kappa shape index (κ2) is 7.96. The third-order valence-electron chi connectivity index (χ3n) is 4.89. The van der Waals surface area contributed by atoms with E-state index in [0.29, 0.717) is 26.2 Å². The van der Waals surface area contributed by atoms with Gasteiger partial charge in [-0.3, -0.25) is 9.80 Å². The monoisotopic (exact) mass is 333 g/mol. The average molecular weight is 333 g/mol. The average Bonchev–Trinajstić information content (AvgIpc) is 2.96. The number of carbonyl (C=O) groups is 1. The standard InChI is InChI=1S/C18H27N3O3/c1-2-24-18(23)21-10-8-20(9-11-21)16-13-19(14-17(16)22)12-15-6-4-3-5-7-15/h3-7,16-17,22H,2,8-14H2,1H3. The lowest BCUT2D eigenvalue weighted by Gasteiger charge is -2.38. The molecule has 0 radical (unpaired) electrons. The van der Waals surface area contributed by atoms with Crippen molar-refractivity contribution in [3.8, 4) is 0 Å². The minimum Gasteiger partial charge on any atom is -0.450 e. The van der Waals surface area contributed by atoms with E-state index >= 15 is 0 Å². The molecule has 2 unspecified atom stereocenters. The Bertz CT molecular complexity index is 532. The molecule has 1 aromatic rings. The number of rotatable bonds is 4. The van der Waals surface area contributed by atoms with Crippen LogP contribution in [0.15, 0.2) is 30.3 Å². The molecule has 2 aliphatic rings. The van der Waals surface area contributed by atoms with E-state index < -0.39 is 0 Å². The fraction of sp³-hybridized carbons (Fsp3) is 0.611. The molecule has 2 heterocycles. The van der Waals surface area contributed by atoms with E-state index in [2.05, 4.69) is 21.9 Å². The molecule has 1 amide bonds. The van der Waals surface area contributed by atoms with Gasteiger partial charge in [-0.25, -0.2) is 4.79 Å². The van der Waals surface area contributed by atoms with E-state index in [0.717, 1.165) is 26.2 Å². The molecule has 2 aliphatic heterocycles. The van der Waals surface area contributed by atoms with Gasteiger partial charge in [0.2, 0.25) is 0 Å². The number of carbonyl (C=O) groups excluding carboxylic acids is 1. The van der Waals surface area contributed by atoms with Crippen molar-refractivity contribution in [1.29, 1.82) is 0 Å². The van der Waals surface area contributed by atoms with Gasteiger partial charge in [-0.2, -0.15) is 0 Å². The first kappa shape index (κ1) is 17.2. The Balaban J connectivity index is 1.50. The number of hydrogen-bond acceptors (Lipinski definition) is 5. The van der Waals surface area contributed by atoms with Gasteiger partial charge in [-0.1, -0.05) is 30.3 Å². The largest absolute Gasteiger partial charge is 0.450 e. The van der Waals surface area contributed by atoms with E-state index in [4.69, 9.17) is 4.74 Å². The van der Waals surface area contributed by atoms with Gasteiger partial charge in [0.25, 0.3) is 0 Å². The summed E-state index contributed by atoms with van der Waals surface area (Å²) in [6, 6.07) is 10.5. The summed E-state index contributed by atoms with van der Waals surface area (Å²) < 4.78 is 5.06. The Morgan fingerprint density at radius 1 is 1.17 bits per heavy atom. The second-order valence-electron chi connectivity index (χ2n) is 6.54. The summed E-state index contributed by atoms with van der Waals surface area (Å²) in [5, 5.41) is 10.5. The first-order chi connectivity index (χ1) is 11.7. The van der Waals surface area contributed by atoms with E-state index in [1.54, 1.807) is 4.90 Å². The number of benzene rings is 1. The van der Waals surface area contributed by atoms with E-state index in [1.807, 2.05) is 25.1 Å². The molecule has 2 saturated heterocycles. The molecule has 0 aliphatic carbocycles. The highest BCUT2D eigenvalue weighted by molar-refractivity contribution is 5.67. The van der Waals surface area contributed by atoms with Crippen LogP contribution >= 0.6 is 0 Å². The van der Waals surface area contributed by atoms with Crippen molar-refractivity contribution in [3.63, 3.8) is 0 Å². The van der Waals surface area contributed by atoms with Gasteiger partial charge in [0.05, 0.1) is 12.7 Å². The summed E-state index contributed by atoms with van der Waals surface area (Å²) in [5.41, 5.74) is 1.28. The first-order valence-corrected chi connectivity index (χ1v) is 8.77. The molecule has 0 spiro atoms. The van der Waals surface area contributed by atoms with Crippen molar-refractivity contribution in [2.24, 2.45) is 0 Å². The van der Waals surface area contributed by atoms with Crippen molar-refractivity contribution >= 4 is 6.09 Å². The highest BCUT2D eigenvalue weighted by atomic mass is 16.6. The van der Waals surface area contributed by atoms with E-state index in [1.165, 1.54) is 5.56 Å². The maximum atomic E-state index is 11.8. The van der Waals surface area contributed by atoms with Gasteiger partial charge in [-0.15, -0.1) is 0 Å². The number of aliphatic hydroxyl groups is 1. The molecule has 3 rings (SSSR count). The number of aliphatic hydroxyl groups excluding tert-OH is 1. The molecule has 2 fully saturated rings. The number of piperazine rings is 1. The molecule has 0 aromatic heterocycles. The molecule has 0 bridgehead atoms. The minimum absolute atomic E-state index is 0.151.